The van der Waals surface area contributed by atoms with Gasteiger partial charge < -0.3 is 19.7 Å². The molecule has 0 fully saturated rings. The van der Waals surface area contributed by atoms with Gasteiger partial charge in [-0.05, 0) is 12.1 Å². The van der Waals surface area contributed by atoms with Crippen molar-refractivity contribution in [3.63, 3.8) is 0 Å². The van der Waals surface area contributed by atoms with Crippen molar-refractivity contribution in [3.05, 3.63) is 36.7 Å². The van der Waals surface area contributed by atoms with E-state index in [1.807, 2.05) is 31.3 Å². The second-order valence-electron chi connectivity index (χ2n) is 5.06. The number of aromatic nitrogens is 1. The van der Waals surface area contributed by atoms with Crippen LogP contribution in [0.25, 0.3) is 0 Å². The SMILES string of the molecule is C=CCNC(=NCC(=O)N(C)C)N(C)Cc1cccn1C. The molecule has 0 unspecified atom stereocenters. The zero-order valence-electron chi connectivity index (χ0n) is 13.3. The monoisotopic (exact) mass is 291 g/mol. The van der Waals surface area contributed by atoms with E-state index < -0.39 is 0 Å². The maximum Gasteiger partial charge on any atom is 0.243 e. The minimum absolute atomic E-state index is 0.0276. The summed E-state index contributed by atoms with van der Waals surface area (Å²) in [5, 5.41) is 3.17. The van der Waals surface area contributed by atoms with Gasteiger partial charge in [-0.25, -0.2) is 4.99 Å². The van der Waals surface area contributed by atoms with Crippen molar-refractivity contribution in [1.29, 1.82) is 0 Å². The fraction of sp³-hybridized carbons (Fsp3) is 0.467. The predicted octanol–water partition coefficient (Wildman–Crippen LogP) is 0.677. The highest BCUT2D eigenvalue weighted by Crippen LogP contribution is 2.03. The number of aryl methyl sites for hydroxylation is 1. The Kier molecular flexibility index (Phi) is 6.52. The number of likely N-dealkylation sites (N-methyl/N-ethyl adjacent to an activating group) is 1. The first-order valence-corrected chi connectivity index (χ1v) is 6.86. The topological polar surface area (TPSA) is 52.9 Å². The highest BCUT2D eigenvalue weighted by molar-refractivity contribution is 5.84. The first-order chi connectivity index (χ1) is 9.95. The standard InChI is InChI=1S/C15H25N5O/c1-6-9-16-15(17-11-14(21)18(2)3)20(5)12-13-8-7-10-19(13)4/h6-8,10H,1,9,11-12H2,2-5H3,(H,16,17). The van der Waals surface area contributed by atoms with Crippen molar-refractivity contribution in [1.82, 2.24) is 19.7 Å². The molecule has 1 rings (SSSR count). The summed E-state index contributed by atoms with van der Waals surface area (Å²) in [6.45, 7) is 5.13. The Bertz CT molecular complexity index is 504. The molecule has 0 aromatic carbocycles. The molecule has 0 saturated carbocycles. The van der Waals surface area contributed by atoms with Gasteiger partial charge in [0.05, 0.1) is 6.54 Å². The van der Waals surface area contributed by atoms with Crippen molar-refractivity contribution < 1.29 is 4.79 Å². The number of rotatable bonds is 6. The molecule has 0 aliphatic carbocycles. The number of carbonyl (C=O) groups excluding carboxylic acids is 1. The van der Waals surface area contributed by atoms with E-state index >= 15 is 0 Å². The second-order valence-corrected chi connectivity index (χ2v) is 5.06. The normalized spacial score (nSPS) is 11.1. The molecule has 1 aromatic heterocycles. The third-order valence-corrected chi connectivity index (χ3v) is 3.08. The smallest absolute Gasteiger partial charge is 0.243 e. The van der Waals surface area contributed by atoms with Crippen LogP contribution in [0.15, 0.2) is 36.0 Å². The lowest BCUT2D eigenvalue weighted by Crippen LogP contribution is -2.40. The van der Waals surface area contributed by atoms with Gasteiger partial charge in [-0.15, -0.1) is 6.58 Å². The summed E-state index contributed by atoms with van der Waals surface area (Å²) < 4.78 is 2.06. The minimum Gasteiger partial charge on any atom is -0.353 e. The molecule has 21 heavy (non-hydrogen) atoms. The molecule has 1 aromatic rings. The van der Waals surface area contributed by atoms with Gasteiger partial charge in [0.25, 0.3) is 0 Å². The van der Waals surface area contributed by atoms with Crippen LogP contribution in [0.2, 0.25) is 0 Å². The van der Waals surface area contributed by atoms with E-state index in [0.717, 1.165) is 0 Å². The second kappa shape index (κ2) is 8.14. The molecule has 0 bridgehead atoms. The Hall–Kier alpha value is -2.24. The van der Waals surface area contributed by atoms with E-state index in [4.69, 9.17) is 0 Å². The third-order valence-electron chi connectivity index (χ3n) is 3.08. The molecule has 0 saturated heterocycles. The lowest BCUT2D eigenvalue weighted by molar-refractivity contribution is -0.127. The molecular weight excluding hydrogens is 266 g/mol. The zero-order valence-corrected chi connectivity index (χ0v) is 13.3. The summed E-state index contributed by atoms with van der Waals surface area (Å²) in [6.07, 6.45) is 3.77. The van der Waals surface area contributed by atoms with Crippen LogP contribution < -0.4 is 5.32 Å². The van der Waals surface area contributed by atoms with Crippen molar-refractivity contribution in [3.8, 4) is 0 Å². The van der Waals surface area contributed by atoms with Crippen LogP contribution in [-0.4, -0.2) is 60.5 Å². The number of hydrogen-bond acceptors (Lipinski definition) is 2. The molecule has 1 heterocycles. The summed E-state index contributed by atoms with van der Waals surface area (Å²) in [6, 6.07) is 4.07. The average Bonchev–Trinajstić information content (AvgIpc) is 2.83. The zero-order chi connectivity index (χ0) is 15.8. The Labute approximate surface area is 126 Å². The molecule has 0 aliphatic rings. The highest BCUT2D eigenvalue weighted by Gasteiger charge is 2.10. The van der Waals surface area contributed by atoms with Gasteiger partial charge in [0.2, 0.25) is 5.91 Å². The lowest BCUT2D eigenvalue weighted by Gasteiger charge is -2.22. The van der Waals surface area contributed by atoms with Crippen LogP contribution in [-0.2, 0) is 18.4 Å². The van der Waals surface area contributed by atoms with Crippen molar-refractivity contribution in [2.45, 2.75) is 6.54 Å². The van der Waals surface area contributed by atoms with E-state index in [9.17, 15) is 4.79 Å². The first kappa shape index (κ1) is 16.8. The molecule has 0 aliphatic heterocycles. The molecular formula is C15H25N5O. The molecule has 0 radical (unpaired) electrons. The third kappa shape index (κ3) is 5.33. The Morgan fingerprint density at radius 2 is 2.19 bits per heavy atom. The summed E-state index contributed by atoms with van der Waals surface area (Å²) in [5.41, 5.74) is 1.17. The minimum atomic E-state index is -0.0276. The Morgan fingerprint density at radius 1 is 1.48 bits per heavy atom. The number of nitrogens with zero attached hydrogens (tertiary/aromatic N) is 4. The summed E-state index contributed by atoms with van der Waals surface area (Å²) in [4.78, 5) is 19.6. The van der Waals surface area contributed by atoms with Crippen LogP contribution in [0.1, 0.15) is 5.69 Å². The summed E-state index contributed by atoms with van der Waals surface area (Å²) in [7, 11) is 7.40. The van der Waals surface area contributed by atoms with Crippen LogP contribution in [0.4, 0.5) is 0 Å². The first-order valence-electron chi connectivity index (χ1n) is 6.86. The van der Waals surface area contributed by atoms with Gasteiger partial charge in [0, 0.05) is 46.6 Å². The average molecular weight is 291 g/mol. The fourth-order valence-electron chi connectivity index (χ4n) is 1.74. The van der Waals surface area contributed by atoms with Crippen LogP contribution in [0.3, 0.4) is 0 Å². The summed E-state index contributed by atoms with van der Waals surface area (Å²) >= 11 is 0. The highest BCUT2D eigenvalue weighted by atomic mass is 16.2. The summed E-state index contributed by atoms with van der Waals surface area (Å²) in [5.74, 6) is 0.659. The quantitative estimate of drug-likeness (QED) is 0.476. The maximum absolute atomic E-state index is 11.7. The molecule has 0 atom stereocenters. The van der Waals surface area contributed by atoms with Crippen molar-refractivity contribution in [2.75, 3.05) is 34.2 Å². The van der Waals surface area contributed by atoms with Crippen LogP contribution >= 0.6 is 0 Å². The van der Waals surface area contributed by atoms with Crippen LogP contribution in [0.5, 0.6) is 0 Å². The number of aliphatic imine (C=N–C) groups is 1. The molecule has 116 valence electrons. The van der Waals surface area contributed by atoms with E-state index in [1.165, 1.54) is 10.6 Å². The molecule has 6 heteroatoms. The van der Waals surface area contributed by atoms with Gasteiger partial charge in [-0.3, -0.25) is 4.79 Å². The van der Waals surface area contributed by atoms with Crippen molar-refractivity contribution >= 4 is 11.9 Å². The van der Waals surface area contributed by atoms with E-state index in [-0.39, 0.29) is 12.5 Å². The van der Waals surface area contributed by atoms with E-state index in [0.29, 0.717) is 19.0 Å². The van der Waals surface area contributed by atoms with Crippen molar-refractivity contribution in [2.24, 2.45) is 12.0 Å². The molecule has 6 nitrogen and oxygen atoms in total. The van der Waals surface area contributed by atoms with Gasteiger partial charge in [0.15, 0.2) is 5.96 Å². The largest absolute Gasteiger partial charge is 0.353 e. The number of guanidine groups is 1. The van der Waals surface area contributed by atoms with Crippen LogP contribution in [0, 0.1) is 0 Å². The van der Waals surface area contributed by atoms with E-state index in [1.54, 1.807) is 20.2 Å². The Balaban J connectivity index is 2.75. The van der Waals surface area contributed by atoms with Gasteiger partial charge in [-0.1, -0.05) is 6.08 Å². The number of nitrogens with one attached hydrogen (secondary N) is 1. The van der Waals surface area contributed by atoms with Gasteiger partial charge >= 0.3 is 0 Å². The molecule has 1 N–H and O–H groups in total. The predicted molar refractivity (Wildman–Crippen MR) is 86.1 cm³/mol. The maximum atomic E-state index is 11.7. The van der Waals surface area contributed by atoms with Gasteiger partial charge in [0.1, 0.15) is 6.54 Å². The Morgan fingerprint density at radius 3 is 2.71 bits per heavy atom. The number of hydrogen-bond donors (Lipinski definition) is 1. The number of carbonyl (C=O) groups is 1. The fourth-order valence-corrected chi connectivity index (χ4v) is 1.74. The van der Waals surface area contributed by atoms with Gasteiger partial charge in [-0.2, -0.15) is 0 Å². The lowest BCUT2D eigenvalue weighted by atomic mass is 10.4. The molecule has 0 spiro atoms. The number of amides is 1. The van der Waals surface area contributed by atoms with E-state index in [2.05, 4.69) is 27.5 Å². The molecule has 1 amide bonds.